The second-order valence-electron chi connectivity index (χ2n) is 4.08. The predicted molar refractivity (Wildman–Crippen MR) is 64.9 cm³/mol. The third kappa shape index (κ3) is 2.30. The summed E-state index contributed by atoms with van der Waals surface area (Å²) < 4.78 is 4.85. The molecule has 2 rings (SSSR count). The maximum absolute atomic E-state index is 11.9. The van der Waals surface area contributed by atoms with Crippen LogP contribution < -0.4 is 0 Å². The van der Waals surface area contributed by atoms with E-state index in [1.165, 1.54) is 7.11 Å². The highest BCUT2D eigenvalue weighted by molar-refractivity contribution is 5.88. The van der Waals surface area contributed by atoms with Crippen molar-refractivity contribution in [2.75, 3.05) is 13.7 Å². The summed E-state index contributed by atoms with van der Waals surface area (Å²) in [5.74, 6) is 0.215. The number of hydrogen-bond acceptors (Lipinski definition) is 3. The molecule has 17 heavy (non-hydrogen) atoms. The van der Waals surface area contributed by atoms with Crippen LogP contribution in [-0.4, -0.2) is 30.4 Å². The minimum absolute atomic E-state index is 0.303. The van der Waals surface area contributed by atoms with Gasteiger partial charge >= 0.3 is 5.97 Å². The molecular formula is C13H16N2O2. The molecule has 1 aliphatic rings. The SMILES string of the molecule is COC(=O)C(c1ccccc1)N1CCCC1=N. The molecule has 4 heteroatoms. The molecule has 1 aliphatic heterocycles. The van der Waals surface area contributed by atoms with Crippen molar-refractivity contribution in [3.8, 4) is 0 Å². The average Bonchev–Trinajstić information content (AvgIpc) is 2.77. The van der Waals surface area contributed by atoms with Gasteiger partial charge in [0.1, 0.15) is 0 Å². The monoisotopic (exact) mass is 232 g/mol. The lowest BCUT2D eigenvalue weighted by Crippen LogP contribution is -2.35. The van der Waals surface area contributed by atoms with Gasteiger partial charge in [0, 0.05) is 13.0 Å². The standard InChI is InChI=1S/C13H16N2O2/c1-17-13(16)12(10-6-3-2-4-7-10)15-9-5-8-11(15)14/h2-4,6-7,12,14H,5,8-9H2,1H3. The van der Waals surface area contributed by atoms with Gasteiger partial charge in [-0.25, -0.2) is 4.79 Å². The molecular weight excluding hydrogens is 216 g/mol. The predicted octanol–water partition coefficient (Wildman–Crippen LogP) is 1.97. The summed E-state index contributed by atoms with van der Waals surface area (Å²) in [6.45, 7) is 0.744. The van der Waals surface area contributed by atoms with Gasteiger partial charge in [0.15, 0.2) is 6.04 Å². The van der Waals surface area contributed by atoms with Crippen LogP contribution in [0.1, 0.15) is 24.4 Å². The first-order valence-corrected chi connectivity index (χ1v) is 5.71. The number of ether oxygens (including phenoxy) is 1. The number of hydrogen-bond donors (Lipinski definition) is 1. The molecule has 1 N–H and O–H groups in total. The third-order valence-corrected chi connectivity index (χ3v) is 3.01. The van der Waals surface area contributed by atoms with E-state index in [1.807, 2.05) is 35.2 Å². The normalized spacial score (nSPS) is 17.0. The van der Waals surface area contributed by atoms with Gasteiger partial charge in [-0.2, -0.15) is 0 Å². The molecule has 1 atom stereocenters. The summed E-state index contributed by atoms with van der Waals surface area (Å²) in [6.07, 6.45) is 1.67. The molecule has 1 unspecified atom stereocenters. The van der Waals surface area contributed by atoms with E-state index < -0.39 is 6.04 Å². The number of amidine groups is 1. The Balaban J connectivity index is 2.32. The maximum Gasteiger partial charge on any atom is 0.333 e. The van der Waals surface area contributed by atoms with E-state index in [1.54, 1.807) is 0 Å². The zero-order valence-corrected chi connectivity index (χ0v) is 9.85. The lowest BCUT2D eigenvalue weighted by Gasteiger charge is -2.27. The Morgan fingerprint density at radius 2 is 2.12 bits per heavy atom. The lowest BCUT2D eigenvalue weighted by atomic mass is 10.1. The third-order valence-electron chi connectivity index (χ3n) is 3.01. The van der Waals surface area contributed by atoms with E-state index in [4.69, 9.17) is 10.1 Å². The number of nitrogens with zero attached hydrogens (tertiary/aromatic N) is 1. The number of carbonyl (C=O) groups is 1. The van der Waals surface area contributed by atoms with E-state index >= 15 is 0 Å². The number of esters is 1. The van der Waals surface area contributed by atoms with Crippen LogP contribution in [0, 0.1) is 5.41 Å². The number of rotatable bonds is 3. The Morgan fingerprint density at radius 1 is 1.41 bits per heavy atom. The van der Waals surface area contributed by atoms with Gasteiger partial charge < -0.3 is 9.64 Å². The van der Waals surface area contributed by atoms with Crippen LogP contribution in [0.15, 0.2) is 30.3 Å². The van der Waals surface area contributed by atoms with E-state index in [0.717, 1.165) is 24.9 Å². The summed E-state index contributed by atoms with van der Waals surface area (Å²) in [6, 6.07) is 9.01. The Labute approximate surface area is 101 Å². The Bertz CT molecular complexity index is 417. The minimum atomic E-state index is -0.476. The van der Waals surface area contributed by atoms with Crippen molar-refractivity contribution in [3.63, 3.8) is 0 Å². The fourth-order valence-corrected chi connectivity index (χ4v) is 2.17. The molecule has 1 fully saturated rings. The summed E-state index contributed by atoms with van der Waals surface area (Å²) in [7, 11) is 1.39. The Morgan fingerprint density at radius 3 is 2.65 bits per heavy atom. The zero-order chi connectivity index (χ0) is 12.3. The van der Waals surface area contributed by atoms with Crippen LogP contribution in [-0.2, 0) is 9.53 Å². The Hall–Kier alpha value is -1.84. The van der Waals surface area contributed by atoms with Crippen molar-refractivity contribution in [1.82, 2.24) is 4.90 Å². The zero-order valence-electron chi connectivity index (χ0n) is 9.85. The van der Waals surface area contributed by atoms with Crippen molar-refractivity contribution < 1.29 is 9.53 Å². The number of benzene rings is 1. The molecule has 1 aromatic rings. The first-order valence-electron chi connectivity index (χ1n) is 5.71. The van der Waals surface area contributed by atoms with Gasteiger partial charge in [-0.1, -0.05) is 30.3 Å². The van der Waals surface area contributed by atoms with Crippen molar-refractivity contribution in [2.24, 2.45) is 0 Å². The highest BCUT2D eigenvalue weighted by Gasteiger charge is 2.32. The molecule has 0 spiro atoms. The second kappa shape index (κ2) is 4.99. The van der Waals surface area contributed by atoms with Gasteiger partial charge in [0.25, 0.3) is 0 Å². The molecule has 4 nitrogen and oxygen atoms in total. The minimum Gasteiger partial charge on any atom is -0.467 e. The lowest BCUT2D eigenvalue weighted by molar-refractivity contribution is -0.145. The molecule has 0 aliphatic carbocycles. The highest BCUT2D eigenvalue weighted by Crippen LogP contribution is 2.27. The van der Waals surface area contributed by atoms with Crippen LogP contribution in [0.2, 0.25) is 0 Å². The summed E-state index contributed by atoms with van der Waals surface area (Å²) in [5.41, 5.74) is 0.881. The van der Waals surface area contributed by atoms with Crippen LogP contribution in [0.4, 0.5) is 0 Å². The Kier molecular flexibility index (Phi) is 3.42. The maximum atomic E-state index is 11.9. The van der Waals surface area contributed by atoms with Gasteiger partial charge in [0.2, 0.25) is 0 Å². The number of likely N-dealkylation sites (tertiary alicyclic amines) is 1. The van der Waals surface area contributed by atoms with Gasteiger partial charge in [-0.15, -0.1) is 0 Å². The van der Waals surface area contributed by atoms with Gasteiger partial charge in [0.05, 0.1) is 12.9 Å². The molecule has 0 aromatic heterocycles. The van der Waals surface area contributed by atoms with E-state index in [-0.39, 0.29) is 5.97 Å². The molecule has 1 heterocycles. The van der Waals surface area contributed by atoms with Crippen molar-refractivity contribution in [1.29, 1.82) is 5.41 Å². The second-order valence-corrected chi connectivity index (χ2v) is 4.08. The summed E-state index contributed by atoms with van der Waals surface area (Å²) >= 11 is 0. The molecule has 0 amide bonds. The smallest absolute Gasteiger partial charge is 0.333 e. The quantitative estimate of drug-likeness (QED) is 0.811. The van der Waals surface area contributed by atoms with Crippen molar-refractivity contribution >= 4 is 11.8 Å². The van der Waals surface area contributed by atoms with Crippen molar-refractivity contribution in [2.45, 2.75) is 18.9 Å². The topological polar surface area (TPSA) is 53.4 Å². The van der Waals surface area contributed by atoms with Crippen LogP contribution >= 0.6 is 0 Å². The highest BCUT2D eigenvalue weighted by atomic mass is 16.5. The van der Waals surface area contributed by atoms with E-state index in [0.29, 0.717) is 5.84 Å². The molecule has 1 saturated heterocycles. The van der Waals surface area contributed by atoms with E-state index in [2.05, 4.69) is 0 Å². The first kappa shape index (κ1) is 11.6. The van der Waals surface area contributed by atoms with Gasteiger partial charge in [-0.05, 0) is 12.0 Å². The fraction of sp³-hybridized carbons (Fsp3) is 0.385. The number of methoxy groups -OCH3 is 1. The average molecular weight is 232 g/mol. The molecule has 1 aromatic carbocycles. The molecule has 0 bridgehead atoms. The fourth-order valence-electron chi connectivity index (χ4n) is 2.17. The molecule has 0 radical (unpaired) electrons. The number of carbonyl (C=O) groups excluding carboxylic acids is 1. The molecule has 90 valence electrons. The van der Waals surface area contributed by atoms with Gasteiger partial charge in [-0.3, -0.25) is 5.41 Å². The van der Waals surface area contributed by atoms with Crippen LogP contribution in [0.25, 0.3) is 0 Å². The molecule has 0 saturated carbocycles. The number of nitrogens with one attached hydrogen (secondary N) is 1. The van der Waals surface area contributed by atoms with Crippen LogP contribution in [0.3, 0.4) is 0 Å². The van der Waals surface area contributed by atoms with Crippen LogP contribution in [0.5, 0.6) is 0 Å². The van der Waals surface area contributed by atoms with E-state index in [9.17, 15) is 4.79 Å². The largest absolute Gasteiger partial charge is 0.467 e. The first-order chi connectivity index (χ1) is 8.24. The van der Waals surface area contributed by atoms with Crippen molar-refractivity contribution in [3.05, 3.63) is 35.9 Å². The summed E-state index contributed by atoms with van der Waals surface area (Å²) in [5, 5.41) is 7.87. The summed E-state index contributed by atoms with van der Waals surface area (Å²) in [4.78, 5) is 13.7.